The van der Waals surface area contributed by atoms with E-state index in [0.717, 1.165) is 11.4 Å². The monoisotopic (exact) mass is 278 g/mol. The van der Waals surface area contributed by atoms with Crippen molar-refractivity contribution in [3.63, 3.8) is 0 Å². The Labute approximate surface area is 117 Å². The fraction of sp³-hybridized carbons (Fsp3) is 0.692. The first kappa shape index (κ1) is 13.9. The van der Waals surface area contributed by atoms with E-state index in [9.17, 15) is 10.1 Å². The molecule has 19 heavy (non-hydrogen) atoms. The van der Waals surface area contributed by atoms with Crippen molar-refractivity contribution < 1.29 is 4.79 Å². The molecule has 1 amide bonds. The number of nitriles is 1. The highest BCUT2D eigenvalue weighted by atomic mass is 32.1. The van der Waals surface area contributed by atoms with Crippen molar-refractivity contribution in [1.82, 2.24) is 10.2 Å². The highest BCUT2D eigenvalue weighted by Gasteiger charge is 2.49. The first-order chi connectivity index (χ1) is 8.95. The molecule has 2 rings (SSSR count). The second-order valence-corrected chi connectivity index (χ2v) is 6.82. The minimum Gasteiger partial charge on any atom is -0.299 e. The van der Waals surface area contributed by atoms with Crippen LogP contribution >= 0.6 is 11.3 Å². The number of nitrogens with zero attached hydrogens (tertiary/aromatic N) is 3. The fourth-order valence-electron chi connectivity index (χ4n) is 2.41. The molecule has 1 aromatic rings. The standard InChI is InChI=1S/C13H18N4OS/c1-8(2)4-10-16-17-12(19-10)15-11(18)13(7-14)5-9(3)6-13/h8-9H,4-6H2,1-3H3,(H,15,17,18). The van der Waals surface area contributed by atoms with Crippen LogP contribution in [-0.2, 0) is 11.2 Å². The molecule has 1 aromatic heterocycles. The van der Waals surface area contributed by atoms with Gasteiger partial charge in [0, 0.05) is 6.42 Å². The van der Waals surface area contributed by atoms with Gasteiger partial charge in [-0.15, -0.1) is 10.2 Å². The predicted molar refractivity (Wildman–Crippen MR) is 73.5 cm³/mol. The Morgan fingerprint density at radius 3 is 2.79 bits per heavy atom. The Bertz CT molecular complexity index is 511. The summed E-state index contributed by atoms with van der Waals surface area (Å²) in [4.78, 5) is 12.1. The fourth-order valence-corrected chi connectivity index (χ4v) is 3.36. The van der Waals surface area contributed by atoms with Crippen LogP contribution in [0.4, 0.5) is 5.13 Å². The lowest BCUT2D eigenvalue weighted by Gasteiger charge is -2.38. The number of amides is 1. The first-order valence-corrected chi connectivity index (χ1v) is 7.32. The summed E-state index contributed by atoms with van der Waals surface area (Å²) in [6.07, 6.45) is 2.12. The van der Waals surface area contributed by atoms with E-state index < -0.39 is 5.41 Å². The lowest BCUT2D eigenvalue weighted by atomic mass is 9.63. The predicted octanol–water partition coefficient (Wildman–Crippen LogP) is 2.61. The number of aromatic nitrogens is 2. The van der Waals surface area contributed by atoms with E-state index in [0.29, 0.717) is 29.8 Å². The van der Waals surface area contributed by atoms with E-state index in [1.807, 2.05) is 0 Å². The topological polar surface area (TPSA) is 78.7 Å². The molecule has 0 aromatic carbocycles. The quantitative estimate of drug-likeness (QED) is 0.918. The minimum absolute atomic E-state index is 0.236. The number of nitrogens with one attached hydrogen (secondary N) is 1. The molecule has 6 heteroatoms. The summed E-state index contributed by atoms with van der Waals surface area (Å²) < 4.78 is 0. The van der Waals surface area contributed by atoms with E-state index in [-0.39, 0.29) is 5.91 Å². The zero-order chi connectivity index (χ0) is 14.0. The van der Waals surface area contributed by atoms with Crippen molar-refractivity contribution in [1.29, 1.82) is 5.26 Å². The van der Waals surface area contributed by atoms with Crippen molar-refractivity contribution in [2.45, 2.75) is 40.0 Å². The van der Waals surface area contributed by atoms with Crippen molar-refractivity contribution in [2.75, 3.05) is 5.32 Å². The number of rotatable bonds is 4. The lowest BCUT2D eigenvalue weighted by molar-refractivity contribution is -0.128. The summed E-state index contributed by atoms with van der Waals surface area (Å²) in [6, 6.07) is 2.15. The van der Waals surface area contributed by atoms with Crippen molar-refractivity contribution in [3.8, 4) is 6.07 Å². The molecule has 0 unspecified atom stereocenters. The molecule has 0 saturated heterocycles. The van der Waals surface area contributed by atoms with Gasteiger partial charge in [-0.25, -0.2) is 0 Å². The minimum atomic E-state index is -0.858. The van der Waals surface area contributed by atoms with Crippen LogP contribution in [0.25, 0.3) is 0 Å². The zero-order valence-corrected chi connectivity index (χ0v) is 12.3. The zero-order valence-electron chi connectivity index (χ0n) is 11.4. The SMILES string of the molecule is CC(C)Cc1nnc(NC(=O)C2(C#N)CC(C)C2)s1. The molecule has 102 valence electrons. The molecular weight excluding hydrogens is 260 g/mol. The van der Waals surface area contributed by atoms with E-state index in [1.54, 1.807) is 0 Å². The van der Waals surface area contributed by atoms with Crippen LogP contribution in [0.15, 0.2) is 0 Å². The Morgan fingerprint density at radius 2 is 2.26 bits per heavy atom. The maximum Gasteiger partial charge on any atom is 0.246 e. The molecular formula is C13H18N4OS. The molecule has 0 radical (unpaired) electrons. The molecule has 0 atom stereocenters. The highest BCUT2D eigenvalue weighted by Crippen LogP contribution is 2.45. The third-order valence-electron chi connectivity index (χ3n) is 3.31. The third kappa shape index (κ3) is 2.92. The first-order valence-electron chi connectivity index (χ1n) is 6.50. The van der Waals surface area contributed by atoms with Gasteiger partial charge in [-0.2, -0.15) is 5.26 Å². The summed E-state index contributed by atoms with van der Waals surface area (Å²) in [5.41, 5.74) is -0.858. The van der Waals surface area contributed by atoms with Crippen LogP contribution in [0.2, 0.25) is 0 Å². The Balaban J connectivity index is 1.99. The van der Waals surface area contributed by atoms with Gasteiger partial charge in [-0.3, -0.25) is 10.1 Å². The van der Waals surface area contributed by atoms with E-state index in [1.165, 1.54) is 11.3 Å². The maximum atomic E-state index is 12.1. The van der Waals surface area contributed by atoms with Gasteiger partial charge >= 0.3 is 0 Å². The molecule has 1 aliphatic carbocycles. The summed E-state index contributed by atoms with van der Waals surface area (Å²) >= 11 is 1.39. The van der Waals surface area contributed by atoms with Gasteiger partial charge in [-0.1, -0.05) is 32.1 Å². The van der Waals surface area contributed by atoms with E-state index in [4.69, 9.17) is 0 Å². The second-order valence-electron chi connectivity index (χ2n) is 5.76. The molecule has 1 heterocycles. The van der Waals surface area contributed by atoms with Gasteiger partial charge in [0.1, 0.15) is 10.4 Å². The Morgan fingerprint density at radius 1 is 1.58 bits per heavy atom. The van der Waals surface area contributed by atoms with E-state index >= 15 is 0 Å². The largest absolute Gasteiger partial charge is 0.299 e. The Hall–Kier alpha value is -1.48. The summed E-state index contributed by atoms with van der Waals surface area (Å²) in [6.45, 7) is 6.27. The van der Waals surface area contributed by atoms with Crippen molar-refractivity contribution >= 4 is 22.4 Å². The van der Waals surface area contributed by atoms with Crippen LogP contribution in [0.1, 0.15) is 38.6 Å². The van der Waals surface area contributed by atoms with Gasteiger partial charge in [0.2, 0.25) is 11.0 Å². The van der Waals surface area contributed by atoms with E-state index in [2.05, 4.69) is 42.4 Å². The smallest absolute Gasteiger partial charge is 0.246 e. The molecule has 0 aliphatic heterocycles. The maximum absolute atomic E-state index is 12.1. The van der Waals surface area contributed by atoms with Crippen molar-refractivity contribution in [3.05, 3.63) is 5.01 Å². The van der Waals surface area contributed by atoms with Gasteiger partial charge in [0.15, 0.2) is 0 Å². The Kier molecular flexibility index (Phi) is 3.85. The van der Waals surface area contributed by atoms with Crippen LogP contribution < -0.4 is 5.32 Å². The molecule has 1 aliphatic rings. The molecule has 1 saturated carbocycles. The second kappa shape index (κ2) is 5.25. The molecule has 1 fully saturated rings. The number of hydrogen-bond acceptors (Lipinski definition) is 5. The van der Waals surface area contributed by atoms with Crippen LogP contribution in [0.5, 0.6) is 0 Å². The lowest BCUT2D eigenvalue weighted by Crippen LogP contribution is -2.45. The van der Waals surface area contributed by atoms with Gasteiger partial charge < -0.3 is 0 Å². The highest BCUT2D eigenvalue weighted by molar-refractivity contribution is 7.15. The average Bonchev–Trinajstić information content (AvgIpc) is 2.70. The molecule has 0 spiro atoms. The average molecular weight is 278 g/mol. The summed E-state index contributed by atoms with van der Waals surface area (Å²) in [5.74, 6) is 0.714. The summed E-state index contributed by atoms with van der Waals surface area (Å²) in [5, 5.41) is 21.3. The van der Waals surface area contributed by atoms with Crippen LogP contribution in [0.3, 0.4) is 0 Å². The normalized spacial score (nSPS) is 25.7. The van der Waals surface area contributed by atoms with Crippen LogP contribution in [-0.4, -0.2) is 16.1 Å². The van der Waals surface area contributed by atoms with Gasteiger partial charge in [0.25, 0.3) is 0 Å². The number of carbonyl (C=O) groups excluding carboxylic acids is 1. The number of anilines is 1. The summed E-state index contributed by atoms with van der Waals surface area (Å²) in [7, 11) is 0. The molecule has 5 nitrogen and oxygen atoms in total. The van der Waals surface area contributed by atoms with Gasteiger partial charge in [0.05, 0.1) is 6.07 Å². The molecule has 0 bridgehead atoms. The van der Waals surface area contributed by atoms with Crippen molar-refractivity contribution in [2.24, 2.45) is 17.3 Å². The van der Waals surface area contributed by atoms with Crippen LogP contribution in [0, 0.1) is 28.6 Å². The number of carbonyl (C=O) groups is 1. The molecule has 1 N–H and O–H groups in total. The third-order valence-corrected chi connectivity index (χ3v) is 4.17. The number of hydrogen-bond donors (Lipinski definition) is 1. The van der Waals surface area contributed by atoms with Gasteiger partial charge in [-0.05, 0) is 24.7 Å².